The van der Waals surface area contributed by atoms with Crippen LogP contribution in [0.2, 0.25) is 0 Å². The maximum Gasteiger partial charge on any atom is 0.409 e. The van der Waals surface area contributed by atoms with Gasteiger partial charge in [0.1, 0.15) is 6.54 Å². The molecule has 1 N–H and O–H groups in total. The summed E-state index contributed by atoms with van der Waals surface area (Å²) >= 11 is 0. The molecule has 1 saturated heterocycles. The van der Waals surface area contributed by atoms with E-state index in [4.69, 9.17) is 9.47 Å². The second-order valence-electron chi connectivity index (χ2n) is 6.12. The number of nitrogens with zero attached hydrogens (tertiary/aromatic N) is 3. The minimum absolute atomic E-state index is 0.0347. The maximum atomic E-state index is 12.4. The molecule has 2 aliphatic heterocycles. The first-order chi connectivity index (χ1) is 12.6. The number of hydrogen-bond donors (Lipinski definition) is 1. The van der Waals surface area contributed by atoms with Crippen LogP contribution in [0.25, 0.3) is 0 Å². The van der Waals surface area contributed by atoms with Gasteiger partial charge in [0, 0.05) is 25.3 Å². The lowest BCUT2D eigenvalue weighted by Gasteiger charge is -2.32. The van der Waals surface area contributed by atoms with Crippen molar-refractivity contribution in [2.45, 2.75) is 25.8 Å². The highest BCUT2D eigenvalue weighted by atomic mass is 16.6. The standard InChI is InChI=1S/C17H22N4O5/c1-2-25-17(24)20-8-5-12(6-9-20)19-14(22)10-21-15(23)11-26-13-4-3-7-18-16(13)21/h3-4,7,12H,2,5-6,8-11H2,1H3,(H,19,22). The van der Waals surface area contributed by atoms with Crippen LogP contribution in [0.1, 0.15) is 19.8 Å². The normalized spacial score (nSPS) is 17.3. The Morgan fingerprint density at radius 2 is 2.15 bits per heavy atom. The predicted octanol–water partition coefficient (Wildman–Crippen LogP) is 0.544. The lowest BCUT2D eigenvalue weighted by Crippen LogP contribution is -2.50. The number of pyridine rings is 1. The molecule has 1 aromatic rings. The van der Waals surface area contributed by atoms with Gasteiger partial charge in [0.25, 0.3) is 5.91 Å². The number of anilines is 1. The Kier molecular flexibility index (Phi) is 5.55. The third kappa shape index (κ3) is 4.04. The molecule has 3 rings (SSSR count). The van der Waals surface area contributed by atoms with Gasteiger partial charge in [-0.3, -0.25) is 14.5 Å². The molecule has 0 aliphatic carbocycles. The Balaban J connectivity index is 1.52. The van der Waals surface area contributed by atoms with Crippen LogP contribution in [0.15, 0.2) is 18.3 Å². The Hall–Kier alpha value is -2.84. The topological polar surface area (TPSA) is 101 Å². The highest BCUT2D eigenvalue weighted by Crippen LogP contribution is 2.28. The van der Waals surface area contributed by atoms with E-state index < -0.39 is 0 Å². The van der Waals surface area contributed by atoms with E-state index in [1.807, 2.05) is 0 Å². The summed E-state index contributed by atoms with van der Waals surface area (Å²) in [6.07, 6.45) is 2.53. The number of rotatable bonds is 4. The summed E-state index contributed by atoms with van der Waals surface area (Å²) in [6, 6.07) is 3.39. The molecule has 2 aliphatic rings. The molecule has 3 amide bonds. The molecule has 0 atom stereocenters. The van der Waals surface area contributed by atoms with Crippen LogP contribution in [0.4, 0.5) is 10.6 Å². The summed E-state index contributed by atoms with van der Waals surface area (Å²) in [5.74, 6) is 0.286. The molecule has 26 heavy (non-hydrogen) atoms. The lowest BCUT2D eigenvalue weighted by molar-refractivity contribution is -0.125. The van der Waals surface area contributed by atoms with Gasteiger partial charge < -0.3 is 19.7 Å². The Morgan fingerprint density at radius 3 is 2.88 bits per heavy atom. The number of nitrogens with one attached hydrogen (secondary N) is 1. The van der Waals surface area contributed by atoms with E-state index in [-0.39, 0.29) is 37.1 Å². The molecule has 140 valence electrons. The first kappa shape index (κ1) is 18.0. The number of amides is 3. The first-order valence-electron chi connectivity index (χ1n) is 8.67. The summed E-state index contributed by atoms with van der Waals surface area (Å²) in [5, 5.41) is 2.93. The predicted molar refractivity (Wildman–Crippen MR) is 91.8 cm³/mol. The van der Waals surface area contributed by atoms with Gasteiger partial charge in [-0.05, 0) is 31.9 Å². The molecule has 0 radical (unpaired) electrons. The van der Waals surface area contributed by atoms with Crippen molar-refractivity contribution in [2.24, 2.45) is 0 Å². The number of fused-ring (bicyclic) bond motifs is 1. The van der Waals surface area contributed by atoms with Crippen molar-refractivity contribution in [1.29, 1.82) is 0 Å². The van der Waals surface area contributed by atoms with E-state index in [9.17, 15) is 14.4 Å². The van der Waals surface area contributed by atoms with E-state index >= 15 is 0 Å². The fourth-order valence-corrected chi connectivity index (χ4v) is 3.03. The highest BCUT2D eigenvalue weighted by molar-refractivity contribution is 6.01. The Labute approximate surface area is 151 Å². The van der Waals surface area contributed by atoms with E-state index in [0.717, 1.165) is 0 Å². The summed E-state index contributed by atoms with van der Waals surface area (Å²) in [5.41, 5.74) is 0. The monoisotopic (exact) mass is 362 g/mol. The molecule has 0 unspecified atom stereocenters. The Bertz CT molecular complexity index is 687. The second kappa shape index (κ2) is 8.03. The Morgan fingerprint density at radius 1 is 1.38 bits per heavy atom. The van der Waals surface area contributed by atoms with Crippen molar-refractivity contribution in [1.82, 2.24) is 15.2 Å². The average Bonchev–Trinajstić information content (AvgIpc) is 2.65. The van der Waals surface area contributed by atoms with Crippen LogP contribution in [0, 0.1) is 0 Å². The van der Waals surface area contributed by atoms with Gasteiger partial charge in [-0.1, -0.05) is 0 Å². The van der Waals surface area contributed by atoms with E-state index in [1.165, 1.54) is 4.90 Å². The number of piperidine rings is 1. The van der Waals surface area contributed by atoms with Crippen LogP contribution in [-0.2, 0) is 14.3 Å². The molecule has 1 aromatic heterocycles. The summed E-state index contributed by atoms with van der Waals surface area (Å²) in [4.78, 5) is 43.3. The second-order valence-corrected chi connectivity index (χ2v) is 6.12. The molecule has 9 nitrogen and oxygen atoms in total. The van der Waals surface area contributed by atoms with Gasteiger partial charge >= 0.3 is 6.09 Å². The smallest absolute Gasteiger partial charge is 0.409 e. The van der Waals surface area contributed by atoms with Crippen LogP contribution >= 0.6 is 0 Å². The molecule has 1 fully saturated rings. The fraction of sp³-hybridized carbons (Fsp3) is 0.529. The number of ether oxygens (including phenoxy) is 2. The molecule has 0 bridgehead atoms. The van der Waals surface area contributed by atoms with Crippen molar-refractivity contribution in [3.63, 3.8) is 0 Å². The van der Waals surface area contributed by atoms with Gasteiger partial charge in [-0.2, -0.15) is 0 Å². The van der Waals surface area contributed by atoms with Gasteiger partial charge in [-0.25, -0.2) is 9.78 Å². The molecular weight excluding hydrogens is 340 g/mol. The third-order valence-electron chi connectivity index (χ3n) is 4.35. The zero-order chi connectivity index (χ0) is 18.5. The van der Waals surface area contributed by atoms with Crippen LogP contribution in [0.5, 0.6) is 5.75 Å². The van der Waals surface area contributed by atoms with E-state index in [0.29, 0.717) is 44.1 Å². The fourth-order valence-electron chi connectivity index (χ4n) is 3.03. The van der Waals surface area contributed by atoms with Crippen LogP contribution < -0.4 is 15.0 Å². The van der Waals surface area contributed by atoms with Crippen LogP contribution in [-0.4, -0.2) is 66.7 Å². The summed E-state index contributed by atoms with van der Waals surface area (Å²) in [6.45, 7) is 2.97. The van der Waals surface area contributed by atoms with Crippen molar-refractivity contribution >= 4 is 23.7 Å². The molecular formula is C17H22N4O5. The van der Waals surface area contributed by atoms with Gasteiger partial charge in [0.15, 0.2) is 18.2 Å². The van der Waals surface area contributed by atoms with E-state index in [1.54, 1.807) is 30.2 Å². The molecule has 9 heteroatoms. The van der Waals surface area contributed by atoms with Crippen molar-refractivity contribution < 1.29 is 23.9 Å². The zero-order valence-electron chi connectivity index (χ0n) is 14.6. The number of hydrogen-bond acceptors (Lipinski definition) is 6. The molecule has 0 spiro atoms. The van der Waals surface area contributed by atoms with Gasteiger partial charge in [0.05, 0.1) is 6.61 Å². The van der Waals surface area contributed by atoms with E-state index in [2.05, 4.69) is 10.3 Å². The molecule has 3 heterocycles. The number of aromatic nitrogens is 1. The summed E-state index contributed by atoms with van der Waals surface area (Å²) < 4.78 is 10.3. The molecule has 0 saturated carbocycles. The van der Waals surface area contributed by atoms with Crippen LogP contribution in [0.3, 0.4) is 0 Å². The van der Waals surface area contributed by atoms with Gasteiger partial charge in [0.2, 0.25) is 5.91 Å². The zero-order valence-corrected chi connectivity index (χ0v) is 14.6. The minimum Gasteiger partial charge on any atom is -0.480 e. The lowest BCUT2D eigenvalue weighted by atomic mass is 10.1. The van der Waals surface area contributed by atoms with Crippen molar-refractivity contribution in [3.05, 3.63) is 18.3 Å². The van der Waals surface area contributed by atoms with Gasteiger partial charge in [-0.15, -0.1) is 0 Å². The maximum absolute atomic E-state index is 12.4. The van der Waals surface area contributed by atoms with Crippen molar-refractivity contribution in [2.75, 3.05) is 37.7 Å². The minimum atomic E-state index is -0.320. The third-order valence-corrected chi connectivity index (χ3v) is 4.35. The SMILES string of the molecule is CCOC(=O)N1CCC(NC(=O)CN2C(=O)COc3cccnc32)CC1. The summed E-state index contributed by atoms with van der Waals surface area (Å²) in [7, 11) is 0. The average molecular weight is 362 g/mol. The van der Waals surface area contributed by atoms with Crippen molar-refractivity contribution in [3.8, 4) is 5.75 Å². The number of carbonyl (C=O) groups excluding carboxylic acids is 3. The molecule has 0 aromatic carbocycles. The highest BCUT2D eigenvalue weighted by Gasteiger charge is 2.30. The first-order valence-corrected chi connectivity index (χ1v) is 8.67. The largest absolute Gasteiger partial charge is 0.480 e. The number of carbonyl (C=O) groups is 3. The number of likely N-dealkylation sites (tertiary alicyclic amines) is 1. The quantitative estimate of drug-likeness (QED) is 0.839.